The lowest BCUT2D eigenvalue weighted by molar-refractivity contribution is -0.133. The summed E-state index contributed by atoms with van der Waals surface area (Å²) in [6.45, 7) is 3.27. The highest BCUT2D eigenvalue weighted by molar-refractivity contribution is 5.94. The Morgan fingerprint density at radius 1 is 1.32 bits per heavy atom. The number of aryl methyl sites for hydroxylation is 1. The molecular weight excluding hydrogens is 320 g/mol. The van der Waals surface area contributed by atoms with Crippen LogP contribution in [0.25, 0.3) is 0 Å². The van der Waals surface area contributed by atoms with E-state index >= 15 is 0 Å². The lowest BCUT2D eigenvalue weighted by Crippen LogP contribution is -2.52. The minimum Gasteiger partial charge on any atom is -0.381 e. The van der Waals surface area contributed by atoms with Crippen molar-refractivity contribution in [3.63, 3.8) is 0 Å². The largest absolute Gasteiger partial charge is 0.381 e. The van der Waals surface area contributed by atoms with E-state index in [-0.39, 0.29) is 23.3 Å². The molecule has 1 N–H and O–H groups in total. The molecule has 7 nitrogen and oxygen atoms in total. The van der Waals surface area contributed by atoms with Gasteiger partial charge in [-0.15, -0.1) is 0 Å². The van der Waals surface area contributed by atoms with Gasteiger partial charge in [-0.25, -0.2) is 0 Å². The fraction of sp³-hybridized carbons (Fsp3) is 0.722. The van der Waals surface area contributed by atoms with Crippen molar-refractivity contribution in [3.8, 4) is 0 Å². The van der Waals surface area contributed by atoms with Crippen molar-refractivity contribution in [2.75, 3.05) is 26.3 Å². The molecule has 3 heterocycles. The Hall–Kier alpha value is -1.89. The average molecular weight is 344 g/mol. The normalized spacial score (nSPS) is 38.5. The summed E-state index contributed by atoms with van der Waals surface area (Å²) >= 11 is 0. The molecule has 1 unspecified atom stereocenters. The Bertz CT molecular complexity index is 714. The van der Waals surface area contributed by atoms with Crippen molar-refractivity contribution in [1.29, 1.82) is 0 Å². The number of carbonyl (C=O) groups excluding carboxylic acids is 2. The lowest BCUT2D eigenvalue weighted by atomic mass is 9.65. The summed E-state index contributed by atoms with van der Waals surface area (Å²) in [5.74, 6) is 1.49. The van der Waals surface area contributed by atoms with E-state index in [0.717, 1.165) is 45.6 Å². The summed E-state index contributed by atoms with van der Waals surface area (Å²) in [6, 6.07) is 0.219. The van der Waals surface area contributed by atoms with E-state index in [1.54, 1.807) is 24.1 Å². The third kappa shape index (κ3) is 2.47. The number of rotatable bonds is 3. The summed E-state index contributed by atoms with van der Waals surface area (Å²) in [6.07, 6.45) is 6.34. The van der Waals surface area contributed by atoms with Crippen LogP contribution in [0.15, 0.2) is 12.4 Å². The van der Waals surface area contributed by atoms with Crippen molar-refractivity contribution in [2.24, 2.45) is 30.2 Å². The first-order valence-electron chi connectivity index (χ1n) is 9.21. The molecule has 0 aromatic carbocycles. The summed E-state index contributed by atoms with van der Waals surface area (Å²) < 4.78 is 7.03. The molecule has 2 saturated heterocycles. The number of hydrogen-bond donors (Lipinski definition) is 1. The van der Waals surface area contributed by atoms with Crippen LogP contribution in [0, 0.1) is 23.2 Å². The molecule has 4 aliphatic rings. The van der Waals surface area contributed by atoms with Gasteiger partial charge < -0.3 is 15.0 Å². The van der Waals surface area contributed by atoms with Gasteiger partial charge in [0.25, 0.3) is 5.91 Å². The van der Waals surface area contributed by atoms with Gasteiger partial charge in [-0.05, 0) is 36.5 Å². The van der Waals surface area contributed by atoms with Gasteiger partial charge in [0.2, 0.25) is 5.91 Å². The summed E-state index contributed by atoms with van der Waals surface area (Å²) in [5, 5.41) is 7.13. The highest BCUT2D eigenvalue weighted by Crippen LogP contribution is 2.54. The van der Waals surface area contributed by atoms with Crippen molar-refractivity contribution in [3.05, 3.63) is 18.0 Å². The molecule has 7 heteroatoms. The molecule has 4 fully saturated rings. The second-order valence-electron chi connectivity index (χ2n) is 8.38. The molecule has 2 aliphatic carbocycles. The second kappa shape index (κ2) is 5.30. The molecule has 5 rings (SSSR count). The van der Waals surface area contributed by atoms with Crippen molar-refractivity contribution in [2.45, 2.75) is 25.3 Å². The fourth-order valence-electron chi connectivity index (χ4n) is 5.17. The van der Waals surface area contributed by atoms with Gasteiger partial charge >= 0.3 is 0 Å². The molecule has 1 spiro atoms. The molecular formula is C18H24N4O3. The summed E-state index contributed by atoms with van der Waals surface area (Å²) in [7, 11) is 1.80. The van der Waals surface area contributed by atoms with Gasteiger partial charge in [-0.3, -0.25) is 14.3 Å². The predicted octanol–water partition coefficient (Wildman–Crippen LogP) is 0.423. The molecule has 1 aromatic rings. The number of likely N-dealkylation sites (tertiary alicyclic amines) is 1. The highest BCUT2D eigenvalue weighted by Gasteiger charge is 2.60. The molecule has 2 saturated carbocycles. The topological polar surface area (TPSA) is 76.5 Å². The van der Waals surface area contributed by atoms with Gasteiger partial charge in [0.1, 0.15) is 0 Å². The van der Waals surface area contributed by atoms with Crippen molar-refractivity contribution >= 4 is 11.8 Å². The van der Waals surface area contributed by atoms with Crippen LogP contribution in [-0.4, -0.2) is 58.8 Å². The van der Waals surface area contributed by atoms with E-state index in [0.29, 0.717) is 23.3 Å². The second-order valence-corrected chi connectivity index (χ2v) is 8.38. The zero-order valence-corrected chi connectivity index (χ0v) is 14.5. The molecule has 1 aromatic heterocycles. The number of hydrogen-bond acceptors (Lipinski definition) is 4. The van der Waals surface area contributed by atoms with Crippen LogP contribution in [0.4, 0.5) is 0 Å². The first-order valence-corrected chi connectivity index (χ1v) is 9.21. The number of fused-ring (bicyclic) bond motifs is 1. The monoisotopic (exact) mass is 344 g/mol. The Labute approximate surface area is 146 Å². The third-order valence-corrected chi connectivity index (χ3v) is 6.65. The maximum absolute atomic E-state index is 12.7. The van der Waals surface area contributed by atoms with Gasteiger partial charge in [-0.1, -0.05) is 0 Å². The average Bonchev–Trinajstić information content (AvgIpc) is 3.04. The predicted molar refractivity (Wildman–Crippen MR) is 88.6 cm³/mol. The van der Waals surface area contributed by atoms with Crippen molar-refractivity contribution in [1.82, 2.24) is 20.0 Å². The first kappa shape index (κ1) is 15.4. The Morgan fingerprint density at radius 2 is 2.08 bits per heavy atom. The van der Waals surface area contributed by atoms with Crippen LogP contribution in [0.1, 0.15) is 29.6 Å². The summed E-state index contributed by atoms with van der Waals surface area (Å²) in [4.78, 5) is 27.0. The number of nitrogens with zero attached hydrogens (tertiary/aromatic N) is 3. The first-order chi connectivity index (χ1) is 12.0. The highest BCUT2D eigenvalue weighted by atomic mass is 16.5. The zero-order valence-electron chi connectivity index (χ0n) is 14.5. The molecule has 2 amide bonds. The van der Waals surface area contributed by atoms with E-state index in [2.05, 4.69) is 15.3 Å². The number of ether oxygens (including phenoxy) is 1. The number of aromatic nitrogens is 2. The fourth-order valence-corrected chi connectivity index (χ4v) is 5.17. The van der Waals surface area contributed by atoms with Gasteiger partial charge in [0, 0.05) is 38.3 Å². The molecule has 2 aliphatic heterocycles. The quantitative estimate of drug-likeness (QED) is 0.862. The molecule has 3 atom stereocenters. The van der Waals surface area contributed by atoms with Crippen LogP contribution in [0.3, 0.4) is 0 Å². The van der Waals surface area contributed by atoms with Crippen LogP contribution in [0.5, 0.6) is 0 Å². The minimum absolute atomic E-state index is 0.0512. The van der Waals surface area contributed by atoms with E-state index in [4.69, 9.17) is 4.74 Å². The Balaban J connectivity index is 1.13. The number of amides is 2. The SMILES string of the molecule is Cn1cc(C(=O)NC2CC3(CCN(C(=O)C4[C@H]5COC[C@@H]45)C3)C2)cn1. The van der Waals surface area contributed by atoms with Gasteiger partial charge in [-0.2, -0.15) is 5.10 Å². The molecule has 0 radical (unpaired) electrons. The van der Waals surface area contributed by atoms with E-state index in [9.17, 15) is 9.59 Å². The zero-order chi connectivity index (χ0) is 17.2. The number of nitrogens with one attached hydrogen (secondary N) is 1. The minimum atomic E-state index is -0.0512. The maximum Gasteiger partial charge on any atom is 0.254 e. The van der Waals surface area contributed by atoms with Gasteiger partial charge in [0.05, 0.1) is 25.0 Å². The lowest BCUT2D eigenvalue weighted by Gasteiger charge is -2.45. The Kier molecular flexibility index (Phi) is 3.26. The third-order valence-electron chi connectivity index (χ3n) is 6.65. The standard InChI is InChI=1S/C18H24N4O3/c1-21-7-11(6-19-21)16(23)20-12-4-18(5-12)2-3-22(10-18)17(24)15-13-8-25-9-14(13)15/h6-7,12-15H,2-5,8-10H2,1H3,(H,20,23)/t12?,13-,14+,15?,18?. The molecule has 0 bridgehead atoms. The van der Waals surface area contributed by atoms with E-state index in [1.165, 1.54) is 0 Å². The van der Waals surface area contributed by atoms with Crippen LogP contribution < -0.4 is 5.32 Å². The number of carbonyl (C=O) groups is 2. The van der Waals surface area contributed by atoms with E-state index in [1.807, 2.05) is 0 Å². The maximum atomic E-state index is 12.7. The molecule has 25 heavy (non-hydrogen) atoms. The Morgan fingerprint density at radius 3 is 2.76 bits per heavy atom. The van der Waals surface area contributed by atoms with Crippen LogP contribution >= 0.6 is 0 Å². The smallest absolute Gasteiger partial charge is 0.254 e. The van der Waals surface area contributed by atoms with E-state index < -0.39 is 0 Å². The molecule has 134 valence electrons. The van der Waals surface area contributed by atoms with Crippen LogP contribution in [-0.2, 0) is 16.6 Å². The summed E-state index contributed by atoms with van der Waals surface area (Å²) in [5.41, 5.74) is 0.831. The van der Waals surface area contributed by atoms with Gasteiger partial charge in [0.15, 0.2) is 0 Å². The van der Waals surface area contributed by atoms with Crippen molar-refractivity contribution < 1.29 is 14.3 Å². The van der Waals surface area contributed by atoms with Crippen LogP contribution in [0.2, 0.25) is 0 Å².